The molecule has 0 aliphatic rings. The molecular weight excluding hydrogens is 452 g/mol. The van der Waals surface area contributed by atoms with Gasteiger partial charge in [-0.25, -0.2) is 0 Å². The Morgan fingerprint density at radius 1 is 1.22 bits per heavy atom. The van der Waals surface area contributed by atoms with E-state index < -0.39 is 0 Å². The van der Waals surface area contributed by atoms with Crippen molar-refractivity contribution in [3.8, 4) is 5.75 Å². The van der Waals surface area contributed by atoms with E-state index in [4.69, 9.17) is 16.3 Å². The second kappa shape index (κ2) is 9.25. The molecule has 0 radical (unpaired) electrons. The fraction of sp³-hybridized carbons (Fsp3) is 0.167. The molecule has 1 N–H and O–H groups in total. The van der Waals surface area contributed by atoms with Crippen molar-refractivity contribution in [3.63, 3.8) is 0 Å². The zero-order valence-corrected chi connectivity index (χ0v) is 17.5. The van der Waals surface area contributed by atoms with Crippen LogP contribution in [0.1, 0.15) is 5.82 Å². The lowest BCUT2D eigenvalue weighted by Gasteiger charge is -2.08. The molecule has 0 aliphatic heterocycles. The third-order valence-electron chi connectivity index (χ3n) is 3.59. The van der Waals surface area contributed by atoms with Crippen LogP contribution in [0.25, 0.3) is 0 Å². The molecule has 2 aromatic carbocycles. The van der Waals surface area contributed by atoms with Crippen molar-refractivity contribution in [3.05, 3.63) is 63.9 Å². The van der Waals surface area contributed by atoms with Crippen LogP contribution in [0.4, 0.5) is 5.69 Å². The maximum absolute atomic E-state index is 12.1. The first-order chi connectivity index (χ1) is 13.0. The summed E-state index contributed by atoms with van der Waals surface area (Å²) in [5.41, 5.74) is 0.589. The number of carbonyl (C=O) groups is 1. The summed E-state index contributed by atoms with van der Waals surface area (Å²) in [4.78, 5) is 12.1. The molecule has 3 aromatic rings. The van der Waals surface area contributed by atoms with Crippen LogP contribution in [-0.2, 0) is 18.4 Å². The number of amides is 1. The van der Waals surface area contributed by atoms with Crippen LogP contribution in [-0.4, -0.2) is 26.4 Å². The molecule has 0 aliphatic carbocycles. The third kappa shape index (κ3) is 5.47. The van der Waals surface area contributed by atoms with Crippen LogP contribution in [0.3, 0.4) is 0 Å². The van der Waals surface area contributed by atoms with Crippen molar-refractivity contribution in [1.82, 2.24) is 14.8 Å². The maximum atomic E-state index is 12.1. The van der Waals surface area contributed by atoms with Crippen LogP contribution in [0.15, 0.2) is 58.2 Å². The van der Waals surface area contributed by atoms with Crippen molar-refractivity contribution in [2.75, 3.05) is 11.1 Å². The SMILES string of the molecule is Cn1c(COc2ccc(Br)cc2)nnc1SCC(=O)Nc1ccccc1Cl. The first-order valence-electron chi connectivity index (χ1n) is 7.97. The average molecular weight is 468 g/mol. The summed E-state index contributed by atoms with van der Waals surface area (Å²) in [5.74, 6) is 1.45. The van der Waals surface area contributed by atoms with E-state index in [1.807, 2.05) is 48.0 Å². The van der Waals surface area contributed by atoms with E-state index in [2.05, 4.69) is 31.4 Å². The van der Waals surface area contributed by atoms with Gasteiger partial charge in [-0.05, 0) is 36.4 Å². The highest BCUT2D eigenvalue weighted by molar-refractivity contribution is 9.10. The number of nitrogens with one attached hydrogen (secondary N) is 1. The first-order valence-corrected chi connectivity index (χ1v) is 10.1. The lowest BCUT2D eigenvalue weighted by molar-refractivity contribution is -0.113. The van der Waals surface area contributed by atoms with Gasteiger partial charge >= 0.3 is 0 Å². The number of hydrogen-bond donors (Lipinski definition) is 1. The predicted molar refractivity (Wildman–Crippen MR) is 110 cm³/mol. The van der Waals surface area contributed by atoms with E-state index >= 15 is 0 Å². The first kappa shape index (κ1) is 19.7. The molecule has 140 valence electrons. The van der Waals surface area contributed by atoms with E-state index in [9.17, 15) is 4.79 Å². The van der Waals surface area contributed by atoms with E-state index in [-0.39, 0.29) is 18.3 Å². The number of halogens is 2. The Labute approximate surface area is 174 Å². The van der Waals surface area contributed by atoms with Gasteiger partial charge in [0.2, 0.25) is 5.91 Å². The van der Waals surface area contributed by atoms with Crippen molar-refractivity contribution in [2.45, 2.75) is 11.8 Å². The number of hydrogen-bond acceptors (Lipinski definition) is 5. The van der Waals surface area contributed by atoms with Crippen LogP contribution < -0.4 is 10.1 Å². The van der Waals surface area contributed by atoms with Gasteiger partial charge in [-0.15, -0.1) is 10.2 Å². The van der Waals surface area contributed by atoms with E-state index in [0.29, 0.717) is 21.7 Å². The van der Waals surface area contributed by atoms with Crippen LogP contribution >= 0.6 is 39.3 Å². The summed E-state index contributed by atoms with van der Waals surface area (Å²) in [6.07, 6.45) is 0. The number of benzene rings is 2. The second-order valence-electron chi connectivity index (χ2n) is 5.52. The van der Waals surface area contributed by atoms with Crippen LogP contribution in [0.5, 0.6) is 5.75 Å². The molecule has 9 heteroatoms. The van der Waals surface area contributed by atoms with Gasteiger partial charge in [0, 0.05) is 11.5 Å². The van der Waals surface area contributed by atoms with Gasteiger partial charge in [-0.1, -0.05) is 51.4 Å². The largest absolute Gasteiger partial charge is 0.486 e. The zero-order valence-electron chi connectivity index (χ0n) is 14.4. The molecule has 0 spiro atoms. The van der Waals surface area contributed by atoms with Gasteiger partial charge < -0.3 is 14.6 Å². The number of ether oxygens (including phenoxy) is 1. The lowest BCUT2D eigenvalue weighted by Crippen LogP contribution is -2.14. The van der Waals surface area contributed by atoms with E-state index in [1.165, 1.54) is 11.8 Å². The third-order valence-corrected chi connectivity index (χ3v) is 5.47. The van der Waals surface area contributed by atoms with Gasteiger partial charge in [-0.3, -0.25) is 4.79 Å². The minimum Gasteiger partial charge on any atom is -0.486 e. The van der Waals surface area contributed by atoms with Crippen molar-refractivity contribution < 1.29 is 9.53 Å². The summed E-state index contributed by atoms with van der Waals surface area (Å²) in [7, 11) is 1.84. The number of thioether (sulfide) groups is 1. The van der Waals surface area contributed by atoms with Crippen molar-refractivity contribution in [1.29, 1.82) is 0 Å². The molecule has 0 bridgehead atoms. The average Bonchev–Trinajstić information content (AvgIpc) is 3.01. The molecule has 0 saturated heterocycles. The topological polar surface area (TPSA) is 69.0 Å². The minimum atomic E-state index is -0.163. The number of rotatable bonds is 7. The highest BCUT2D eigenvalue weighted by Crippen LogP contribution is 2.22. The lowest BCUT2D eigenvalue weighted by atomic mass is 10.3. The monoisotopic (exact) mass is 466 g/mol. The standard InChI is InChI=1S/C18H16BrClN4O2S/c1-24-16(10-26-13-8-6-12(19)7-9-13)22-23-18(24)27-11-17(25)21-15-5-3-2-4-14(15)20/h2-9H,10-11H2,1H3,(H,21,25). The fourth-order valence-electron chi connectivity index (χ4n) is 2.15. The summed E-state index contributed by atoms with van der Waals surface area (Å²) in [6.45, 7) is 0.289. The second-order valence-corrected chi connectivity index (χ2v) is 7.78. The minimum absolute atomic E-state index is 0.163. The number of carbonyl (C=O) groups excluding carboxylic acids is 1. The number of aromatic nitrogens is 3. The van der Waals surface area contributed by atoms with E-state index in [0.717, 1.165) is 10.2 Å². The Morgan fingerprint density at radius 2 is 1.96 bits per heavy atom. The Hall–Kier alpha value is -2.03. The summed E-state index contributed by atoms with van der Waals surface area (Å²) < 4.78 is 8.51. The van der Waals surface area contributed by atoms with Gasteiger partial charge in [0.1, 0.15) is 12.4 Å². The quantitative estimate of drug-likeness (QED) is 0.517. The predicted octanol–water partition coefficient (Wildman–Crippen LogP) is 4.54. The van der Waals surface area contributed by atoms with Gasteiger partial charge in [0.05, 0.1) is 16.5 Å². The van der Waals surface area contributed by atoms with Gasteiger partial charge in [0.25, 0.3) is 0 Å². The molecule has 27 heavy (non-hydrogen) atoms. The maximum Gasteiger partial charge on any atom is 0.234 e. The van der Waals surface area contributed by atoms with E-state index in [1.54, 1.807) is 12.1 Å². The number of para-hydroxylation sites is 1. The summed E-state index contributed by atoms with van der Waals surface area (Å²) in [5, 5.41) is 12.2. The molecule has 6 nitrogen and oxygen atoms in total. The number of nitrogens with zero attached hydrogens (tertiary/aromatic N) is 3. The molecule has 0 atom stereocenters. The van der Waals surface area contributed by atoms with Crippen LogP contribution in [0, 0.1) is 0 Å². The highest BCUT2D eigenvalue weighted by Gasteiger charge is 2.13. The Balaban J connectivity index is 1.53. The summed E-state index contributed by atoms with van der Waals surface area (Å²) in [6, 6.07) is 14.7. The molecular formula is C18H16BrClN4O2S. The molecule has 1 heterocycles. The van der Waals surface area contributed by atoms with Gasteiger partial charge in [-0.2, -0.15) is 0 Å². The molecule has 0 saturated carbocycles. The molecule has 0 unspecified atom stereocenters. The van der Waals surface area contributed by atoms with Crippen molar-refractivity contribution in [2.24, 2.45) is 7.05 Å². The van der Waals surface area contributed by atoms with Crippen molar-refractivity contribution >= 4 is 50.9 Å². The molecule has 0 fully saturated rings. The smallest absolute Gasteiger partial charge is 0.234 e. The number of anilines is 1. The fourth-order valence-corrected chi connectivity index (χ4v) is 3.33. The van der Waals surface area contributed by atoms with Gasteiger partial charge in [0.15, 0.2) is 11.0 Å². The molecule has 1 aromatic heterocycles. The Morgan fingerprint density at radius 3 is 2.70 bits per heavy atom. The highest BCUT2D eigenvalue weighted by atomic mass is 79.9. The Kier molecular flexibility index (Phi) is 6.76. The molecule has 3 rings (SSSR count). The zero-order chi connectivity index (χ0) is 19.2. The normalized spacial score (nSPS) is 10.6. The Bertz CT molecular complexity index is 933. The van der Waals surface area contributed by atoms with Crippen LogP contribution in [0.2, 0.25) is 5.02 Å². The summed E-state index contributed by atoms with van der Waals surface area (Å²) >= 11 is 10.7. The molecule has 1 amide bonds.